The van der Waals surface area contributed by atoms with Crippen LogP contribution < -0.4 is 5.56 Å². The molecule has 0 fully saturated rings. The van der Waals surface area contributed by atoms with Gasteiger partial charge in [-0.1, -0.05) is 6.58 Å². The van der Waals surface area contributed by atoms with Crippen molar-refractivity contribution in [3.8, 4) is 0 Å². The second-order valence-corrected chi connectivity index (χ2v) is 5.05. The van der Waals surface area contributed by atoms with Crippen LogP contribution in [0.5, 0.6) is 0 Å². The number of nitrogens with one attached hydrogen (secondary N) is 1. The quantitative estimate of drug-likeness (QED) is 0.514. The monoisotopic (exact) mass is 268 g/mol. The fraction of sp³-hybridized carbons (Fsp3) is 0.417. The van der Waals surface area contributed by atoms with Gasteiger partial charge in [0.05, 0.1) is 6.54 Å². The molecule has 6 heteroatoms. The highest BCUT2D eigenvalue weighted by Gasteiger charge is 2.23. The zero-order valence-electron chi connectivity index (χ0n) is 10.6. The predicted octanol–water partition coefficient (Wildman–Crippen LogP) is 1.80. The van der Waals surface area contributed by atoms with Gasteiger partial charge in [-0.25, -0.2) is 4.79 Å². The Morgan fingerprint density at radius 2 is 2.22 bits per heavy atom. The summed E-state index contributed by atoms with van der Waals surface area (Å²) >= 11 is 5.02. The summed E-state index contributed by atoms with van der Waals surface area (Å²) in [5.41, 5.74) is -0.659. The SMILES string of the molecule is C=C(C)C(=O)OC(C)(C)Cn1ccc(=O)[nH]c1=S. The van der Waals surface area contributed by atoms with Crippen LogP contribution in [0.1, 0.15) is 20.8 Å². The minimum Gasteiger partial charge on any atom is -0.454 e. The Bertz CT molecular complexity index is 583. The van der Waals surface area contributed by atoms with Gasteiger partial charge in [-0.2, -0.15) is 0 Å². The molecule has 0 saturated carbocycles. The molecule has 0 radical (unpaired) electrons. The molecule has 0 unspecified atom stereocenters. The Hall–Kier alpha value is -1.69. The molecule has 98 valence electrons. The van der Waals surface area contributed by atoms with Crippen LogP contribution in [-0.2, 0) is 16.1 Å². The lowest BCUT2D eigenvalue weighted by Crippen LogP contribution is -2.34. The Balaban J connectivity index is 2.88. The van der Waals surface area contributed by atoms with Gasteiger partial charge in [0.25, 0.3) is 5.56 Å². The highest BCUT2D eigenvalue weighted by molar-refractivity contribution is 7.71. The van der Waals surface area contributed by atoms with Gasteiger partial charge in [0, 0.05) is 17.8 Å². The third kappa shape index (κ3) is 3.96. The van der Waals surface area contributed by atoms with Crippen molar-refractivity contribution in [3.05, 3.63) is 39.5 Å². The highest BCUT2D eigenvalue weighted by Crippen LogP contribution is 2.14. The van der Waals surface area contributed by atoms with E-state index in [0.29, 0.717) is 16.9 Å². The average Bonchev–Trinajstić information content (AvgIpc) is 2.21. The van der Waals surface area contributed by atoms with Gasteiger partial charge in [0.2, 0.25) is 0 Å². The number of aromatic nitrogens is 2. The predicted molar refractivity (Wildman–Crippen MR) is 70.9 cm³/mol. The second kappa shape index (κ2) is 5.30. The van der Waals surface area contributed by atoms with E-state index < -0.39 is 11.6 Å². The van der Waals surface area contributed by atoms with Crippen molar-refractivity contribution in [2.24, 2.45) is 0 Å². The molecular weight excluding hydrogens is 252 g/mol. The largest absolute Gasteiger partial charge is 0.454 e. The molecule has 1 aromatic heterocycles. The van der Waals surface area contributed by atoms with Gasteiger partial charge in [0.15, 0.2) is 4.77 Å². The fourth-order valence-electron chi connectivity index (χ4n) is 1.35. The average molecular weight is 268 g/mol. The maximum atomic E-state index is 11.5. The van der Waals surface area contributed by atoms with Gasteiger partial charge < -0.3 is 9.30 Å². The Morgan fingerprint density at radius 3 is 2.72 bits per heavy atom. The summed E-state index contributed by atoms with van der Waals surface area (Å²) in [6.45, 7) is 8.99. The van der Waals surface area contributed by atoms with Gasteiger partial charge in [0.1, 0.15) is 5.60 Å². The van der Waals surface area contributed by atoms with Crippen molar-refractivity contribution in [1.29, 1.82) is 0 Å². The second-order valence-electron chi connectivity index (χ2n) is 4.67. The summed E-state index contributed by atoms with van der Waals surface area (Å²) in [5, 5.41) is 0. The topological polar surface area (TPSA) is 64.1 Å². The summed E-state index contributed by atoms with van der Waals surface area (Å²) < 4.78 is 7.23. The van der Waals surface area contributed by atoms with Crippen LogP contribution in [0.4, 0.5) is 0 Å². The Labute approximate surface area is 110 Å². The van der Waals surface area contributed by atoms with Crippen molar-refractivity contribution in [2.75, 3.05) is 0 Å². The van der Waals surface area contributed by atoms with E-state index in [1.54, 1.807) is 31.5 Å². The van der Waals surface area contributed by atoms with E-state index in [1.165, 1.54) is 6.07 Å². The molecule has 0 amide bonds. The summed E-state index contributed by atoms with van der Waals surface area (Å²) in [4.78, 5) is 25.0. The van der Waals surface area contributed by atoms with Crippen molar-refractivity contribution in [3.63, 3.8) is 0 Å². The van der Waals surface area contributed by atoms with Crippen molar-refractivity contribution in [1.82, 2.24) is 9.55 Å². The van der Waals surface area contributed by atoms with E-state index in [1.807, 2.05) is 0 Å². The first-order chi connectivity index (χ1) is 8.21. The number of carbonyl (C=O) groups excluding carboxylic acids is 1. The van der Waals surface area contributed by atoms with E-state index in [-0.39, 0.29) is 5.56 Å². The van der Waals surface area contributed by atoms with Crippen molar-refractivity contribution >= 4 is 18.2 Å². The first kappa shape index (κ1) is 14.4. The van der Waals surface area contributed by atoms with Crippen LogP contribution in [0.15, 0.2) is 29.2 Å². The lowest BCUT2D eigenvalue weighted by molar-refractivity contribution is -0.152. The molecular formula is C12H16N2O3S. The van der Waals surface area contributed by atoms with Gasteiger partial charge >= 0.3 is 5.97 Å². The molecule has 1 aromatic rings. The molecule has 1 rings (SSSR count). The van der Waals surface area contributed by atoms with Crippen LogP contribution in [0.2, 0.25) is 0 Å². The van der Waals surface area contributed by atoms with Crippen LogP contribution >= 0.6 is 12.2 Å². The molecule has 0 atom stereocenters. The maximum absolute atomic E-state index is 11.5. The van der Waals surface area contributed by atoms with E-state index in [4.69, 9.17) is 17.0 Å². The number of hydrogen-bond donors (Lipinski definition) is 1. The van der Waals surface area contributed by atoms with Crippen LogP contribution in [0.3, 0.4) is 0 Å². The fourth-order valence-corrected chi connectivity index (χ4v) is 1.58. The van der Waals surface area contributed by atoms with Crippen molar-refractivity contribution in [2.45, 2.75) is 32.9 Å². The van der Waals surface area contributed by atoms with Crippen LogP contribution in [0.25, 0.3) is 0 Å². The number of H-pyrrole nitrogens is 1. The highest BCUT2D eigenvalue weighted by atomic mass is 32.1. The number of aromatic amines is 1. The zero-order chi connectivity index (χ0) is 13.9. The van der Waals surface area contributed by atoms with Crippen LogP contribution in [-0.4, -0.2) is 21.1 Å². The van der Waals surface area contributed by atoms with E-state index >= 15 is 0 Å². The first-order valence-corrected chi connectivity index (χ1v) is 5.81. The molecule has 0 aromatic carbocycles. The van der Waals surface area contributed by atoms with Crippen LogP contribution in [0, 0.1) is 4.77 Å². The van der Waals surface area contributed by atoms with Gasteiger partial charge in [-0.15, -0.1) is 0 Å². The molecule has 1 heterocycles. The summed E-state index contributed by atoms with van der Waals surface area (Å²) in [6, 6.07) is 1.37. The third-order valence-corrected chi connectivity index (χ3v) is 2.50. The number of ether oxygens (including phenoxy) is 1. The van der Waals surface area contributed by atoms with E-state index in [9.17, 15) is 9.59 Å². The standard InChI is InChI=1S/C12H16N2O3S/c1-8(2)10(16)17-12(3,4)7-14-6-5-9(15)13-11(14)18/h5-6H,1,7H2,2-4H3,(H,13,15,18). The minimum atomic E-state index is -0.744. The number of nitrogens with zero attached hydrogens (tertiary/aromatic N) is 1. The molecule has 18 heavy (non-hydrogen) atoms. The molecule has 0 saturated heterocycles. The molecule has 0 aliphatic carbocycles. The lowest BCUT2D eigenvalue weighted by atomic mass is 10.1. The summed E-state index contributed by atoms with van der Waals surface area (Å²) in [6.07, 6.45) is 1.57. The summed E-state index contributed by atoms with van der Waals surface area (Å²) in [5.74, 6) is -0.448. The van der Waals surface area contributed by atoms with Crippen molar-refractivity contribution < 1.29 is 9.53 Å². The molecule has 5 nitrogen and oxygen atoms in total. The molecule has 0 aliphatic rings. The molecule has 0 aliphatic heterocycles. The summed E-state index contributed by atoms with van der Waals surface area (Å²) in [7, 11) is 0. The first-order valence-electron chi connectivity index (χ1n) is 5.40. The number of hydrogen-bond acceptors (Lipinski definition) is 4. The van der Waals surface area contributed by atoms with E-state index in [0.717, 1.165) is 0 Å². The third-order valence-electron chi connectivity index (χ3n) is 2.17. The number of esters is 1. The Kier molecular flexibility index (Phi) is 4.24. The molecule has 0 spiro atoms. The van der Waals surface area contributed by atoms with Gasteiger partial charge in [-0.05, 0) is 33.0 Å². The lowest BCUT2D eigenvalue weighted by Gasteiger charge is -2.26. The molecule has 0 bridgehead atoms. The minimum absolute atomic E-state index is 0.256. The Morgan fingerprint density at radius 1 is 1.61 bits per heavy atom. The number of carbonyl (C=O) groups is 1. The molecule has 1 N–H and O–H groups in total. The normalized spacial score (nSPS) is 11.1. The maximum Gasteiger partial charge on any atom is 0.333 e. The number of rotatable bonds is 4. The smallest absolute Gasteiger partial charge is 0.333 e. The van der Waals surface area contributed by atoms with E-state index in [2.05, 4.69) is 11.6 Å². The van der Waals surface area contributed by atoms with Gasteiger partial charge in [-0.3, -0.25) is 9.78 Å². The zero-order valence-corrected chi connectivity index (χ0v) is 11.5.